The minimum absolute atomic E-state index is 0.190. The number of carbonyl (C=O) groups is 3. The maximum Gasteiger partial charge on any atom is 0.254 e. The molecule has 0 bridgehead atoms. The first kappa shape index (κ1) is 20.3. The molecule has 1 aliphatic rings. The Morgan fingerprint density at radius 2 is 1.79 bits per heavy atom. The van der Waals surface area contributed by atoms with Crippen LogP contribution in [0.25, 0.3) is 0 Å². The molecular weight excluding hydrogens is 375 g/mol. The van der Waals surface area contributed by atoms with E-state index in [4.69, 9.17) is 0 Å². The van der Waals surface area contributed by atoms with E-state index in [-0.39, 0.29) is 18.2 Å². The zero-order chi connectivity index (χ0) is 21.0. The predicted octanol–water partition coefficient (Wildman–Crippen LogP) is 1.86. The Morgan fingerprint density at radius 3 is 2.41 bits per heavy atom. The van der Waals surface area contributed by atoms with Gasteiger partial charge in [0, 0.05) is 44.1 Å². The molecule has 7 nitrogen and oxygen atoms in total. The Hall–Kier alpha value is -3.42. The highest BCUT2D eigenvalue weighted by molar-refractivity contribution is 6.01. The van der Waals surface area contributed by atoms with Crippen molar-refractivity contribution in [2.75, 3.05) is 37.4 Å². The lowest BCUT2D eigenvalue weighted by molar-refractivity contribution is -0.131. The Kier molecular flexibility index (Phi) is 6.11. The molecular formula is C21H23FN4O3. The van der Waals surface area contributed by atoms with Gasteiger partial charge in [0.1, 0.15) is 11.9 Å². The molecule has 0 saturated carbocycles. The van der Waals surface area contributed by atoms with Crippen molar-refractivity contribution in [3.8, 4) is 0 Å². The van der Waals surface area contributed by atoms with Crippen LogP contribution in [0.5, 0.6) is 0 Å². The zero-order valence-electron chi connectivity index (χ0n) is 16.3. The lowest BCUT2D eigenvalue weighted by atomic mass is 10.1. The molecule has 29 heavy (non-hydrogen) atoms. The van der Waals surface area contributed by atoms with Gasteiger partial charge in [0.25, 0.3) is 5.91 Å². The van der Waals surface area contributed by atoms with E-state index in [0.29, 0.717) is 24.3 Å². The van der Waals surface area contributed by atoms with Crippen LogP contribution in [0, 0.1) is 5.82 Å². The highest BCUT2D eigenvalue weighted by atomic mass is 19.1. The van der Waals surface area contributed by atoms with Crippen LogP contribution >= 0.6 is 0 Å². The monoisotopic (exact) mass is 398 g/mol. The summed E-state index contributed by atoms with van der Waals surface area (Å²) in [5.74, 6) is -1.51. The van der Waals surface area contributed by atoms with Crippen LogP contribution in [-0.2, 0) is 9.59 Å². The van der Waals surface area contributed by atoms with E-state index in [1.807, 2.05) is 31.1 Å². The average molecular weight is 398 g/mol. The molecule has 0 unspecified atom stereocenters. The first-order valence-electron chi connectivity index (χ1n) is 9.26. The Labute approximate surface area is 168 Å². The maximum absolute atomic E-state index is 13.0. The van der Waals surface area contributed by atoms with E-state index < -0.39 is 17.8 Å². The van der Waals surface area contributed by atoms with Crippen LogP contribution in [0.2, 0.25) is 0 Å². The Bertz CT molecular complexity index is 897. The van der Waals surface area contributed by atoms with Crippen molar-refractivity contribution in [3.63, 3.8) is 0 Å². The second-order valence-electron chi connectivity index (χ2n) is 7.01. The predicted molar refractivity (Wildman–Crippen MR) is 108 cm³/mol. The van der Waals surface area contributed by atoms with Crippen LogP contribution in [0.4, 0.5) is 15.8 Å². The number of carbonyl (C=O) groups excluding carboxylic acids is 3. The molecule has 3 rings (SSSR count). The first-order valence-corrected chi connectivity index (χ1v) is 9.26. The number of rotatable bonds is 5. The maximum atomic E-state index is 13.0. The van der Waals surface area contributed by atoms with Crippen LogP contribution in [-0.4, -0.2) is 55.8 Å². The number of benzene rings is 2. The van der Waals surface area contributed by atoms with E-state index in [2.05, 4.69) is 10.6 Å². The molecule has 2 aromatic rings. The van der Waals surface area contributed by atoms with Crippen LogP contribution in [0.15, 0.2) is 48.5 Å². The van der Waals surface area contributed by atoms with Crippen molar-refractivity contribution < 1.29 is 18.8 Å². The molecule has 0 aromatic heterocycles. The molecule has 2 N–H and O–H groups in total. The van der Waals surface area contributed by atoms with Gasteiger partial charge in [-0.15, -0.1) is 0 Å². The number of nitrogens with one attached hydrogen (secondary N) is 2. The molecule has 0 radical (unpaired) electrons. The van der Waals surface area contributed by atoms with Gasteiger partial charge in [0.15, 0.2) is 0 Å². The summed E-state index contributed by atoms with van der Waals surface area (Å²) in [4.78, 5) is 41.1. The molecule has 1 fully saturated rings. The summed E-state index contributed by atoms with van der Waals surface area (Å²) in [6.45, 7) is 0.644. The zero-order valence-corrected chi connectivity index (χ0v) is 16.3. The summed E-state index contributed by atoms with van der Waals surface area (Å²) in [5.41, 5.74) is 1.83. The fraction of sp³-hybridized carbons (Fsp3) is 0.286. The number of amides is 3. The van der Waals surface area contributed by atoms with Gasteiger partial charge in [-0.25, -0.2) is 4.39 Å². The molecule has 1 aliphatic heterocycles. The lowest BCUT2D eigenvalue weighted by Crippen LogP contribution is -2.58. The van der Waals surface area contributed by atoms with E-state index in [0.717, 1.165) is 5.69 Å². The van der Waals surface area contributed by atoms with Crippen LogP contribution in [0.1, 0.15) is 16.8 Å². The van der Waals surface area contributed by atoms with Crippen molar-refractivity contribution in [2.24, 2.45) is 0 Å². The molecule has 1 saturated heterocycles. The quantitative estimate of drug-likeness (QED) is 0.806. The van der Waals surface area contributed by atoms with E-state index in [9.17, 15) is 18.8 Å². The summed E-state index contributed by atoms with van der Waals surface area (Å²) < 4.78 is 13.0. The van der Waals surface area contributed by atoms with E-state index in [1.54, 1.807) is 12.1 Å². The second-order valence-corrected chi connectivity index (χ2v) is 7.01. The molecule has 8 heteroatoms. The van der Waals surface area contributed by atoms with Crippen LogP contribution < -0.4 is 15.5 Å². The summed E-state index contributed by atoms with van der Waals surface area (Å²) >= 11 is 0. The number of hydrogen-bond acceptors (Lipinski definition) is 4. The normalized spacial score (nSPS) is 16.2. The Balaban J connectivity index is 1.72. The fourth-order valence-corrected chi connectivity index (χ4v) is 3.15. The number of hydrogen-bond donors (Lipinski definition) is 2. The third kappa shape index (κ3) is 4.90. The molecule has 1 atom stereocenters. The SMILES string of the molecule is CN(C)c1ccc(C(=O)N2CCNC(=O)[C@H]2CC(=O)Nc2ccc(F)cc2)cc1. The van der Waals surface area contributed by atoms with Gasteiger partial charge in [-0.3, -0.25) is 14.4 Å². The van der Waals surface area contributed by atoms with Gasteiger partial charge < -0.3 is 20.4 Å². The van der Waals surface area contributed by atoms with E-state index in [1.165, 1.54) is 29.2 Å². The molecule has 152 valence electrons. The lowest BCUT2D eigenvalue weighted by Gasteiger charge is -2.34. The molecule has 3 amide bonds. The Morgan fingerprint density at radius 1 is 1.14 bits per heavy atom. The number of nitrogens with zero attached hydrogens (tertiary/aromatic N) is 2. The highest BCUT2D eigenvalue weighted by Gasteiger charge is 2.35. The number of anilines is 2. The van der Waals surface area contributed by atoms with E-state index >= 15 is 0 Å². The van der Waals surface area contributed by atoms with Gasteiger partial charge in [-0.05, 0) is 48.5 Å². The largest absolute Gasteiger partial charge is 0.378 e. The summed E-state index contributed by atoms with van der Waals surface area (Å²) in [6.07, 6.45) is -0.190. The smallest absolute Gasteiger partial charge is 0.254 e. The van der Waals surface area contributed by atoms with Gasteiger partial charge in [-0.2, -0.15) is 0 Å². The topological polar surface area (TPSA) is 81.8 Å². The van der Waals surface area contributed by atoms with Crippen molar-refractivity contribution in [1.82, 2.24) is 10.2 Å². The van der Waals surface area contributed by atoms with Gasteiger partial charge in [0.2, 0.25) is 11.8 Å². The van der Waals surface area contributed by atoms with Crippen LogP contribution in [0.3, 0.4) is 0 Å². The summed E-state index contributed by atoms with van der Waals surface area (Å²) in [7, 11) is 3.81. The van der Waals surface area contributed by atoms with Crippen molar-refractivity contribution >= 4 is 29.1 Å². The first-order chi connectivity index (χ1) is 13.8. The van der Waals surface area contributed by atoms with Gasteiger partial charge >= 0.3 is 0 Å². The second kappa shape index (κ2) is 8.72. The summed E-state index contributed by atoms with van der Waals surface area (Å²) in [5, 5.41) is 5.33. The van der Waals surface area contributed by atoms with Gasteiger partial charge in [0.05, 0.1) is 6.42 Å². The average Bonchev–Trinajstić information content (AvgIpc) is 2.71. The number of halogens is 1. The van der Waals surface area contributed by atoms with Crippen molar-refractivity contribution in [2.45, 2.75) is 12.5 Å². The molecule has 1 heterocycles. The standard InChI is InChI=1S/C21H23FN4O3/c1-25(2)17-9-3-14(4-10-17)21(29)26-12-11-23-20(28)18(26)13-19(27)24-16-7-5-15(22)6-8-16/h3-10,18H,11-13H2,1-2H3,(H,23,28)(H,24,27)/t18-/m1/s1. The fourth-order valence-electron chi connectivity index (χ4n) is 3.15. The molecule has 0 spiro atoms. The number of piperazine rings is 1. The third-order valence-electron chi connectivity index (χ3n) is 4.73. The van der Waals surface area contributed by atoms with Crippen molar-refractivity contribution in [1.29, 1.82) is 0 Å². The highest BCUT2D eigenvalue weighted by Crippen LogP contribution is 2.18. The van der Waals surface area contributed by atoms with Gasteiger partial charge in [-0.1, -0.05) is 0 Å². The molecule has 2 aromatic carbocycles. The minimum Gasteiger partial charge on any atom is -0.378 e. The third-order valence-corrected chi connectivity index (χ3v) is 4.73. The van der Waals surface area contributed by atoms with Crippen molar-refractivity contribution in [3.05, 3.63) is 59.9 Å². The minimum atomic E-state index is -0.912. The summed E-state index contributed by atoms with van der Waals surface area (Å²) in [6, 6.07) is 11.5. The molecule has 0 aliphatic carbocycles.